The first-order valence-electron chi connectivity index (χ1n) is 9.79. The molecule has 0 aromatic heterocycles. The van der Waals surface area contributed by atoms with Crippen molar-refractivity contribution in [2.75, 3.05) is 7.11 Å². The number of methoxy groups -OCH3 is 1. The van der Waals surface area contributed by atoms with E-state index in [2.05, 4.69) is 15.9 Å². The topological polar surface area (TPSA) is 51.1 Å². The number of carbonyl (C=O) groups is 1. The minimum Gasteiger partial charge on any atom is -0.497 e. The Labute approximate surface area is 193 Å². The van der Waals surface area contributed by atoms with Gasteiger partial charge in [0.25, 0.3) is 6.23 Å². The molecule has 2 heterocycles. The van der Waals surface area contributed by atoms with Crippen LogP contribution in [0.3, 0.4) is 0 Å². The van der Waals surface area contributed by atoms with Crippen LogP contribution in [0.25, 0.3) is 0 Å². The number of rotatable bonds is 4. The van der Waals surface area contributed by atoms with Crippen LogP contribution in [0.15, 0.2) is 76.3 Å². The SMILES string of the molecule is COc1ccc(C(=O)C2Oc3ccc(Cl)cc3C3CC(c4ccc(Br)cc4)=NN23)cc1. The van der Waals surface area contributed by atoms with Crippen LogP contribution < -0.4 is 9.47 Å². The Kier molecular flexibility index (Phi) is 5.20. The van der Waals surface area contributed by atoms with Crippen molar-refractivity contribution in [1.82, 2.24) is 5.01 Å². The first kappa shape index (κ1) is 20.1. The summed E-state index contributed by atoms with van der Waals surface area (Å²) in [6.07, 6.45) is -0.204. The van der Waals surface area contributed by atoms with Gasteiger partial charge in [0.2, 0.25) is 5.78 Å². The molecule has 0 radical (unpaired) electrons. The molecule has 156 valence electrons. The molecule has 2 unspecified atom stereocenters. The molecule has 5 rings (SSSR count). The van der Waals surface area contributed by atoms with Crippen molar-refractivity contribution in [1.29, 1.82) is 0 Å². The number of nitrogens with zero attached hydrogens (tertiary/aromatic N) is 2. The fourth-order valence-corrected chi connectivity index (χ4v) is 4.39. The van der Waals surface area contributed by atoms with Crippen molar-refractivity contribution in [3.63, 3.8) is 0 Å². The summed E-state index contributed by atoms with van der Waals surface area (Å²) in [7, 11) is 1.59. The van der Waals surface area contributed by atoms with E-state index in [1.54, 1.807) is 42.5 Å². The average molecular weight is 498 g/mol. The van der Waals surface area contributed by atoms with Crippen LogP contribution in [0, 0.1) is 0 Å². The Balaban J connectivity index is 1.55. The number of ketones is 1. The maximum Gasteiger partial charge on any atom is 0.251 e. The van der Waals surface area contributed by atoms with E-state index < -0.39 is 6.23 Å². The minimum absolute atomic E-state index is 0.131. The highest BCUT2D eigenvalue weighted by Crippen LogP contribution is 2.44. The number of hydrogen-bond donors (Lipinski definition) is 0. The number of Topliss-reactive ketones (excluding diaryl/α,β-unsaturated/α-hetero) is 1. The number of halogens is 2. The van der Waals surface area contributed by atoms with E-state index in [9.17, 15) is 4.79 Å². The van der Waals surface area contributed by atoms with Gasteiger partial charge < -0.3 is 9.47 Å². The molecule has 0 bridgehead atoms. The normalized spacial score (nSPS) is 19.2. The molecule has 0 spiro atoms. The Morgan fingerprint density at radius 1 is 1.13 bits per heavy atom. The lowest BCUT2D eigenvalue weighted by molar-refractivity contribution is -0.00455. The van der Waals surface area contributed by atoms with Crippen molar-refractivity contribution in [3.05, 3.63) is 92.9 Å². The zero-order valence-electron chi connectivity index (χ0n) is 16.6. The predicted octanol–water partition coefficient (Wildman–Crippen LogP) is 5.86. The molecule has 2 aliphatic rings. The molecule has 5 nitrogen and oxygen atoms in total. The zero-order chi connectivity index (χ0) is 21.5. The zero-order valence-corrected chi connectivity index (χ0v) is 18.9. The maximum absolute atomic E-state index is 13.4. The van der Waals surface area contributed by atoms with Gasteiger partial charge in [0.05, 0.1) is 18.9 Å². The van der Waals surface area contributed by atoms with E-state index in [1.165, 1.54) is 0 Å². The summed E-state index contributed by atoms with van der Waals surface area (Å²) >= 11 is 9.74. The van der Waals surface area contributed by atoms with E-state index in [0.29, 0.717) is 28.5 Å². The number of carbonyl (C=O) groups excluding carboxylic acids is 1. The fraction of sp³-hybridized carbons (Fsp3) is 0.167. The van der Waals surface area contributed by atoms with Gasteiger partial charge in [-0.2, -0.15) is 5.10 Å². The third-order valence-corrected chi connectivity index (χ3v) is 6.29. The summed E-state index contributed by atoms with van der Waals surface area (Å²) in [5, 5.41) is 7.21. The lowest BCUT2D eigenvalue weighted by atomic mass is 9.96. The molecule has 7 heteroatoms. The van der Waals surface area contributed by atoms with Crippen LogP contribution in [0.1, 0.15) is 33.9 Å². The van der Waals surface area contributed by atoms with Gasteiger partial charge in [0, 0.05) is 27.0 Å². The van der Waals surface area contributed by atoms with Gasteiger partial charge in [-0.3, -0.25) is 4.79 Å². The highest BCUT2D eigenvalue weighted by atomic mass is 79.9. The van der Waals surface area contributed by atoms with Crippen LogP contribution in [0.4, 0.5) is 0 Å². The highest BCUT2D eigenvalue weighted by molar-refractivity contribution is 9.10. The Hall–Kier alpha value is -2.83. The van der Waals surface area contributed by atoms with Gasteiger partial charge in [-0.05, 0) is 60.2 Å². The second kappa shape index (κ2) is 8.02. The molecule has 3 aromatic carbocycles. The second-order valence-corrected chi connectivity index (χ2v) is 8.75. The summed E-state index contributed by atoms with van der Waals surface area (Å²) < 4.78 is 12.4. The minimum atomic E-state index is -0.861. The first-order chi connectivity index (χ1) is 15.0. The number of ether oxygens (including phenoxy) is 2. The van der Waals surface area contributed by atoms with Crippen LogP contribution >= 0.6 is 27.5 Å². The molecule has 2 aliphatic heterocycles. The van der Waals surface area contributed by atoms with Gasteiger partial charge >= 0.3 is 0 Å². The number of hydrazone groups is 1. The predicted molar refractivity (Wildman–Crippen MR) is 123 cm³/mol. The van der Waals surface area contributed by atoms with Crippen molar-refractivity contribution in [2.45, 2.75) is 18.7 Å². The van der Waals surface area contributed by atoms with Crippen LogP contribution in [-0.4, -0.2) is 29.8 Å². The monoisotopic (exact) mass is 496 g/mol. The fourth-order valence-electron chi connectivity index (χ4n) is 3.95. The van der Waals surface area contributed by atoms with Crippen molar-refractivity contribution < 1.29 is 14.3 Å². The van der Waals surface area contributed by atoms with Crippen LogP contribution in [-0.2, 0) is 0 Å². The van der Waals surface area contributed by atoms with Crippen LogP contribution in [0.5, 0.6) is 11.5 Å². The summed E-state index contributed by atoms with van der Waals surface area (Å²) in [6, 6.07) is 20.4. The molecule has 2 atom stereocenters. The van der Waals surface area contributed by atoms with Crippen LogP contribution in [0.2, 0.25) is 5.02 Å². The quantitative estimate of drug-likeness (QED) is 0.424. The number of benzene rings is 3. The standard InChI is InChI=1S/C24H18BrClN2O3/c1-30-18-9-4-15(5-10-18)23(29)24-28-21(19-12-17(26)8-11-22(19)31-24)13-20(27-28)14-2-6-16(25)7-3-14/h2-12,21,24H,13H2,1H3. The van der Waals surface area contributed by atoms with Gasteiger partial charge in [-0.25, -0.2) is 5.01 Å². The highest BCUT2D eigenvalue weighted by Gasteiger charge is 2.43. The molecular formula is C24H18BrClN2O3. The summed E-state index contributed by atoms with van der Waals surface area (Å²) in [5.41, 5.74) is 3.38. The Morgan fingerprint density at radius 2 is 1.87 bits per heavy atom. The van der Waals surface area contributed by atoms with Crippen molar-refractivity contribution in [3.8, 4) is 11.5 Å². The molecule has 0 saturated carbocycles. The Morgan fingerprint density at radius 3 is 2.58 bits per heavy atom. The van der Waals surface area contributed by atoms with E-state index in [0.717, 1.165) is 21.3 Å². The largest absolute Gasteiger partial charge is 0.497 e. The number of fused-ring (bicyclic) bond motifs is 3. The van der Waals surface area contributed by atoms with Gasteiger partial charge in [0.1, 0.15) is 11.5 Å². The molecular weight excluding hydrogens is 480 g/mol. The second-order valence-electron chi connectivity index (χ2n) is 7.40. The molecule has 3 aromatic rings. The number of hydrogen-bond acceptors (Lipinski definition) is 5. The van der Waals surface area contributed by atoms with E-state index in [1.807, 2.05) is 36.4 Å². The third kappa shape index (κ3) is 3.70. The molecule has 0 N–H and O–H groups in total. The smallest absolute Gasteiger partial charge is 0.251 e. The molecule has 0 amide bonds. The van der Waals surface area contributed by atoms with E-state index >= 15 is 0 Å². The summed E-state index contributed by atoms with van der Waals surface area (Å²) in [4.78, 5) is 13.4. The summed E-state index contributed by atoms with van der Waals surface area (Å²) in [5.74, 6) is 1.19. The van der Waals surface area contributed by atoms with Gasteiger partial charge in [-0.1, -0.05) is 39.7 Å². The van der Waals surface area contributed by atoms with Gasteiger partial charge in [0.15, 0.2) is 0 Å². The molecule has 0 aliphatic carbocycles. The average Bonchev–Trinajstić information content (AvgIpc) is 3.24. The third-order valence-electron chi connectivity index (χ3n) is 5.53. The van der Waals surface area contributed by atoms with Crippen molar-refractivity contribution in [2.24, 2.45) is 5.10 Å². The van der Waals surface area contributed by atoms with Crippen molar-refractivity contribution >= 4 is 39.0 Å². The van der Waals surface area contributed by atoms with E-state index in [4.69, 9.17) is 26.2 Å². The molecule has 0 fully saturated rings. The van der Waals surface area contributed by atoms with Gasteiger partial charge in [-0.15, -0.1) is 0 Å². The lowest BCUT2D eigenvalue weighted by Gasteiger charge is -2.37. The summed E-state index contributed by atoms with van der Waals surface area (Å²) in [6.45, 7) is 0. The first-order valence-corrected chi connectivity index (χ1v) is 11.0. The Bertz CT molecular complexity index is 1180. The molecule has 0 saturated heterocycles. The lowest BCUT2D eigenvalue weighted by Crippen LogP contribution is -2.45. The van der Waals surface area contributed by atoms with E-state index in [-0.39, 0.29) is 11.8 Å². The maximum atomic E-state index is 13.4. The molecule has 31 heavy (non-hydrogen) atoms.